The maximum absolute atomic E-state index is 6.56. The van der Waals surface area contributed by atoms with E-state index in [-0.39, 0.29) is 5.54 Å². The predicted octanol–water partition coefficient (Wildman–Crippen LogP) is 2.35. The molecule has 1 fully saturated rings. The lowest BCUT2D eigenvalue weighted by molar-refractivity contribution is 0.199. The largest absolute Gasteiger partial charge is 0.335 e. The Morgan fingerprint density at radius 1 is 1.56 bits per heavy atom. The lowest BCUT2D eigenvalue weighted by atomic mass is 9.72. The van der Waals surface area contributed by atoms with Crippen LogP contribution in [0.4, 0.5) is 0 Å². The van der Waals surface area contributed by atoms with Crippen molar-refractivity contribution in [3.05, 3.63) is 18.2 Å². The minimum Gasteiger partial charge on any atom is -0.335 e. The van der Waals surface area contributed by atoms with Gasteiger partial charge in [0.05, 0.1) is 0 Å². The minimum atomic E-state index is -0.0312. The fourth-order valence-electron chi connectivity index (χ4n) is 2.79. The van der Waals surface area contributed by atoms with Crippen LogP contribution >= 0.6 is 0 Å². The summed E-state index contributed by atoms with van der Waals surface area (Å²) >= 11 is 0. The highest BCUT2D eigenvalue weighted by atomic mass is 15.1. The average molecular weight is 221 g/mol. The van der Waals surface area contributed by atoms with Crippen molar-refractivity contribution in [3.63, 3.8) is 0 Å². The molecule has 2 unspecified atom stereocenters. The Kier molecular flexibility index (Phi) is 3.33. The average Bonchev–Trinajstić information content (AvgIpc) is 2.70. The van der Waals surface area contributed by atoms with Gasteiger partial charge in [0, 0.05) is 30.9 Å². The van der Waals surface area contributed by atoms with Crippen molar-refractivity contribution in [2.75, 3.05) is 0 Å². The summed E-state index contributed by atoms with van der Waals surface area (Å²) in [4.78, 5) is 4.44. The minimum absolute atomic E-state index is 0.0312. The normalized spacial score (nSPS) is 30.6. The second-order valence-corrected chi connectivity index (χ2v) is 5.19. The Balaban J connectivity index is 2.13. The maximum Gasteiger partial charge on any atom is 0.110 e. The molecule has 0 spiro atoms. The van der Waals surface area contributed by atoms with E-state index in [4.69, 9.17) is 5.73 Å². The summed E-state index contributed by atoms with van der Waals surface area (Å²) in [5.74, 6) is 1.77. The van der Waals surface area contributed by atoms with Crippen LogP contribution in [0.3, 0.4) is 0 Å². The summed E-state index contributed by atoms with van der Waals surface area (Å²) in [5, 5.41) is 0. The highest BCUT2D eigenvalue weighted by molar-refractivity contribution is 5.04. The fraction of sp³-hybridized carbons (Fsp3) is 0.769. The second kappa shape index (κ2) is 4.58. The molecule has 1 heterocycles. The second-order valence-electron chi connectivity index (χ2n) is 5.19. The molecule has 16 heavy (non-hydrogen) atoms. The number of hydrogen-bond donors (Lipinski definition) is 1. The van der Waals surface area contributed by atoms with E-state index in [2.05, 4.69) is 23.4 Å². The standard InChI is InChI=1S/C13H23N3/c1-3-16-9-8-15-12(16)10-13(14)7-5-4-6-11(13)2/h8-9,11H,3-7,10,14H2,1-2H3. The molecule has 2 N–H and O–H groups in total. The lowest BCUT2D eigenvalue weighted by Crippen LogP contribution is -2.50. The van der Waals surface area contributed by atoms with E-state index in [0.29, 0.717) is 5.92 Å². The van der Waals surface area contributed by atoms with Crippen LogP contribution in [-0.4, -0.2) is 15.1 Å². The smallest absolute Gasteiger partial charge is 0.110 e. The van der Waals surface area contributed by atoms with Crippen LogP contribution in [0.25, 0.3) is 0 Å². The van der Waals surface area contributed by atoms with Crippen molar-refractivity contribution in [2.45, 2.75) is 58.0 Å². The summed E-state index contributed by atoms with van der Waals surface area (Å²) in [5.41, 5.74) is 6.53. The van der Waals surface area contributed by atoms with Crippen molar-refractivity contribution in [2.24, 2.45) is 11.7 Å². The quantitative estimate of drug-likeness (QED) is 0.851. The molecule has 1 saturated carbocycles. The Hall–Kier alpha value is -0.830. The first-order valence-electron chi connectivity index (χ1n) is 6.44. The molecule has 2 atom stereocenters. The van der Waals surface area contributed by atoms with Crippen LogP contribution in [0.5, 0.6) is 0 Å². The van der Waals surface area contributed by atoms with E-state index in [9.17, 15) is 0 Å². The molecule has 0 aliphatic heterocycles. The van der Waals surface area contributed by atoms with Crippen molar-refractivity contribution in [1.29, 1.82) is 0 Å². The first-order chi connectivity index (χ1) is 7.65. The van der Waals surface area contributed by atoms with Gasteiger partial charge in [0.1, 0.15) is 5.82 Å². The maximum atomic E-state index is 6.56. The number of imidazole rings is 1. The van der Waals surface area contributed by atoms with Gasteiger partial charge >= 0.3 is 0 Å². The van der Waals surface area contributed by atoms with Crippen LogP contribution in [-0.2, 0) is 13.0 Å². The molecule has 0 amide bonds. The Morgan fingerprint density at radius 3 is 3.06 bits per heavy atom. The van der Waals surface area contributed by atoms with Crippen molar-refractivity contribution in [3.8, 4) is 0 Å². The summed E-state index contributed by atoms with van der Waals surface area (Å²) < 4.78 is 2.20. The van der Waals surface area contributed by atoms with E-state index < -0.39 is 0 Å². The van der Waals surface area contributed by atoms with E-state index in [1.807, 2.05) is 12.4 Å². The van der Waals surface area contributed by atoms with Gasteiger partial charge < -0.3 is 10.3 Å². The molecular formula is C13H23N3. The fourth-order valence-corrected chi connectivity index (χ4v) is 2.79. The van der Waals surface area contributed by atoms with Gasteiger partial charge in [-0.05, 0) is 25.7 Å². The molecular weight excluding hydrogens is 198 g/mol. The monoisotopic (exact) mass is 221 g/mol. The van der Waals surface area contributed by atoms with Gasteiger partial charge in [-0.15, -0.1) is 0 Å². The summed E-state index contributed by atoms with van der Waals surface area (Å²) in [6, 6.07) is 0. The summed E-state index contributed by atoms with van der Waals surface area (Å²) in [7, 11) is 0. The number of nitrogens with zero attached hydrogens (tertiary/aromatic N) is 2. The molecule has 3 heteroatoms. The lowest BCUT2D eigenvalue weighted by Gasteiger charge is -2.39. The molecule has 1 aromatic rings. The number of rotatable bonds is 3. The molecule has 2 rings (SSSR count). The first kappa shape index (κ1) is 11.6. The third kappa shape index (κ3) is 2.14. The van der Waals surface area contributed by atoms with E-state index in [1.165, 1.54) is 19.3 Å². The first-order valence-corrected chi connectivity index (χ1v) is 6.44. The Labute approximate surface area is 98.1 Å². The molecule has 1 aliphatic carbocycles. The summed E-state index contributed by atoms with van der Waals surface area (Å²) in [6.45, 7) is 5.43. The number of hydrogen-bond acceptors (Lipinski definition) is 2. The zero-order valence-electron chi connectivity index (χ0n) is 10.4. The molecule has 0 saturated heterocycles. The van der Waals surface area contributed by atoms with Gasteiger partial charge in [-0.25, -0.2) is 4.98 Å². The van der Waals surface area contributed by atoms with Crippen LogP contribution in [0, 0.1) is 5.92 Å². The van der Waals surface area contributed by atoms with Crippen molar-refractivity contribution >= 4 is 0 Å². The number of nitrogens with two attached hydrogens (primary N) is 1. The molecule has 0 radical (unpaired) electrons. The van der Waals surface area contributed by atoms with Crippen LogP contribution in [0.2, 0.25) is 0 Å². The van der Waals surface area contributed by atoms with Crippen molar-refractivity contribution in [1.82, 2.24) is 9.55 Å². The zero-order valence-corrected chi connectivity index (χ0v) is 10.4. The Morgan fingerprint density at radius 2 is 2.38 bits per heavy atom. The third-order valence-electron chi connectivity index (χ3n) is 4.14. The molecule has 1 aromatic heterocycles. The molecule has 90 valence electrons. The molecule has 0 aromatic carbocycles. The third-order valence-corrected chi connectivity index (χ3v) is 4.14. The van der Waals surface area contributed by atoms with Crippen molar-refractivity contribution < 1.29 is 0 Å². The van der Waals surface area contributed by atoms with E-state index >= 15 is 0 Å². The van der Waals surface area contributed by atoms with Gasteiger partial charge in [-0.3, -0.25) is 0 Å². The highest BCUT2D eigenvalue weighted by Crippen LogP contribution is 2.33. The topological polar surface area (TPSA) is 43.8 Å². The van der Waals surface area contributed by atoms with E-state index in [0.717, 1.165) is 25.2 Å². The number of aryl methyl sites for hydroxylation is 1. The van der Waals surface area contributed by atoms with Gasteiger partial charge in [0.15, 0.2) is 0 Å². The molecule has 3 nitrogen and oxygen atoms in total. The molecule has 0 bridgehead atoms. The predicted molar refractivity (Wildman–Crippen MR) is 66.2 cm³/mol. The SMILES string of the molecule is CCn1ccnc1CC1(N)CCCCC1C. The highest BCUT2D eigenvalue weighted by Gasteiger charge is 2.35. The van der Waals surface area contributed by atoms with Gasteiger partial charge in [0.2, 0.25) is 0 Å². The van der Waals surface area contributed by atoms with Gasteiger partial charge in [-0.2, -0.15) is 0 Å². The molecule has 1 aliphatic rings. The zero-order chi connectivity index (χ0) is 11.6. The summed E-state index contributed by atoms with van der Waals surface area (Å²) in [6.07, 6.45) is 9.88. The van der Waals surface area contributed by atoms with Crippen LogP contribution < -0.4 is 5.73 Å². The Bertz CT molecular complexity index is 345. The van der Waals surface area contributed by atoms with Crippen LogP contribution in [0.15, 0.2) is 12.4 Å². The van der Waals surface area contributed by atoms with Crippen LogP contribution in [0.1, 0.15) is 45.4 Å². The van der Waals surface area contributed by atoms with Gasteiger partial charge in [0.25, 0.3) is 0 Å². The van der Waals surface area contributed by atoms with E-state index in [1.54, 1.807) is 0 Å². The van der Waals surface area contributed by atoms with Gasteiger partial charge in [-0.1, -0.05) is 19.8 Å². The number of aromatic nitrogens is 2.